The Labute approximate surface area is 89.3 Å². The van der Waals surface area contributed by atoms with E-state index < -0.39 is 0 Å². The van der Waals surface area contributed by atoms with Crippen LogP contribution < -0.4 is 5.73 Å². The molecular weight excluding hydrogens is 186 g/mol. The van der Waals surface area contributed by atoms with E-state index in [4.69, 9.17) is 5.73 Å². The molecule has 1 aromatic heterocycles. The van der Waals surface area contributed by atoms with Crippen LogP contribution in [0.2, 0.25) is 0 Å². The number of aromatic nitrogens is 2. The second kappa shape index (κ2) is 3.87. The Hall–Kier alpha value is -1.61. The van der Waals surface area contributed by atoms with Crippen LogP contribution in [0.5, 0.6) is 0 Å². The van der Waals surface area contributed by atoms with E-state index in [9.17, 15) is 0 Å². The lowest BCUT2D eigenvalue weighted by Gasteiger charge is -2.06. The number of hydrogen-bond acceptors (Lipinski definition) is 2. The van der Waals surface area contributed by atoms with E-state index in [1.807, 2.05) is 19.2 Å². The first-order chi connectivity index (χ1) is 7.18. The van der Waals surface area contributed by atoms with Crippen LogP contribution in [0.4, 0.5) is 0 Å². The number of hydrogen-bond donors (Lipinski definition) is 2. The average molecular weight is 201 g/mol. The molecule has 0 aliphatic heterocycles. The maximum absolute atomic E-state index is 5.86. The first kappa shape index (κ1) is 9.93. The zero-order chi connectivity index (χ0) is 10.8. The zero-order valence-corrected chi connectivity index (χ0v) is 8.99. The molecule has 1 heterocycles. The third-order valence-electron chi connectivity index (χ3n) is 2.45. The van der Waals surface area contributed by atoms with Crippen molar-refractivity contribution in [3.8, 4) is 11.1 Å². The summed E-state index contributed by atoms with van der Waals surface area (Å²) in [6, 6.07) is 8.31. The van der Waals surface area contributed by atoms with Gasteiger partial charge in [0.2, 0.25) is 0 Å². The molecule has 2 aromatic rings. The predicted octanol–water partition coefficient (Wildman–Crippen LogP) is 2.40. The first-order valence-corrected chi connectivity index (χ1v) is 5.04. The highest BCUT2D eigenvalue weighted by Crippen LogP contribution is 2.25. The number of aryl methyl sites for hydroxylation is 1. The summed E-state index contributed by atoms with van der Waals surface area (Å²) in [4.78, 5) is 0. The summed E-state index contributed by atoms with van der Waals surface area (Å²) in [6.07, 6.45) is 1.83. The summed E-state index contributed by atoms with van der Waals surface area (Å²) in [5.41, 5.74) is 10.3. The monoisotopic (exact) mass is 201 g/mol. The number of nitrogens with one attached hydrogen (secondary N) is 1. The molecule has 3 N–H and O–H groups in total. The standard InChI is InChI=1S/C12H15N3/c1-8-4-3-5-10(6-8)11-7-14-15-12(11)9(2)13/h3-7,9H,13H2,1-2H3,(H,14,15). The third-order valence-corrected chi connectivity index (χ3v) is 2.45. The topological polar surface area (TPSA) is 54.7 Å². The van der Waals surface area contributed by atoms with Gasteiger partial charge in [0.1, 0.15) is 0 Å². The quantitative estimate of drug-likeness (QED) is 0.784. The van der Waals surface area contributed by atoms with E-state index >= 15 is 0 Å². The van der Waals surface area contributed by atoms with Gasteiger partial charge in [0.25, 0.3) is 0 Å². The van der Waals surface area contributed by atoms with Crippen molar-refractivity contribution in [1.82, 2.24) is 10.2 Å². The molecule has 78 valence electrons. The van der Waals surface area contributed by atoms with Crippen molar-refractivity contribution in [1.29, 1.82) is 0 Å². The van der Waals surface area contributed by atoms with E-state index in [1.165, 1.54) is 5.56 Å². The van der Waals surface area contributed by atoms with Gasteiger partial charge in [-0.1, -0.05) is 29.8 Å². The van der Waals surface area contributed by atoms with Crippen LogP contribution in [0.25, 0.3) is 11.1 Å². The van der Waals surface area contributed by atoms with Crippen molar-refractivity contribution in [3.63, 3.8) is 0 Å². The van der Waals surface area contributed by atoms with Gasteiger partial charge in [-0.25, -0.2) is 0 Å². The van der Waals surface area contributed by atoms with Crippen molar-refractivity contribution < 1.29 is 0 Å². The molecule has 1 atom stereocenters. The van der Waals surface area contributed by atoms with Crippen molar-refractivity contribution >= 4 is 0 Å². The number of nitrogens with two attached hydrogens (primary N) is 1. The van der Waals surface area contributed by atoms with Crippen LogP contribution in [-0.4, -0.2) is 10.2 Å². The van der Waals surface area contributed by atoms with Crippen LogP contribution >= 0.6 is 0 Å². The number of nitrogens with zero attached hydrogens (tertiary/aromatic N) is 1. The summed E-state index contributed by atoms with van der Waals surface area (Å²) >= 11 is 0. The van der Waals surface area contributed by atoms with Crippen LogP contribution in [0, 0.1) is 6.92 Å². The van der Waals surface area contributed by atoms with E-state index in [0.717, 1.165) is 16.8 Å². The van der Waals surface area contributed by atoms with Gasteiger partial charge in [0.15, 0.2) is 0 Å². The first-order valence-electron chi connectivity index (χ1n) is 5.04. The fraction of sp³-hybridized carbons (Fsp3) is 0.250. The lowest BCUT2D eigenvalue weighted by molar-refractivity contribution is 0.774. The number of benzene rings is 1. The Morgan fingerprint density at radius 3 is 2.87 bits per heavy atom. The van der Waals surface area contributed by atoms with Gasteiger partial charge in [-0.3, -0.25) is 5.10 Å². The molecule has 3 nitrogen and oxygen atoms in total. The van der Waals surface area contributed by atoms with Gasteiger partial charge in [0, 0.05) is 11.6 Å². The van der Waals surface area contributed by atoms with Crippen LogP contribution in [-0.2, 0) is 0 Å². The van der Waals surface area contributed by atoms with Crippen molar-refractivity contribution in [2.45, 2.75) is 19.9 Å². The molecular formula is C12H15N3. The largest absolute Gasteiger partial charge is 0.323 e. The number of rotatable bonds is 2. The lowest BCUT2D eigenvalue weighted by atomic mass is 10.0. The molecule has 0 spiro atoms. The van der Waals surface area contributed by atoms with Crippen molar-refractivity contribution in [3.05, 3.63) is 41.7 Å². The highest BCUT2D eigenvalue weighted by molar-refractivity contribution is 5.66. The van der Waals surface area contributed by atoms with E-state index in [2.05, 4.69) is 35.3 Å². The fourth-order valence-corrected chi connectivity index (χ4v) is 1.69. The van der Waals surface area contributed by atoms with Gasteiger partial charge < -0.3 is 5.73 Å². The molecule has 15 heavy (non-hydrogen) atoms. The zero-order valence-electron chi connectivity index (χ0n) is 8.99. The van der Waals surface area contributed by atoms with Crippen molar-refractivity contribution in [2.24, 2.45) is 5.73 Å². The molecule has 0 fully saturated rings. The molecule has 0 amide bonds. The van der Waals surface area contributed by atoms with Gasteiger partial charge in [0.05, 0.1) is 11.9 Å². The molecule has 2 rings (SSSR count). The average Bonchev–Trinajstić information content (AvgIpc) is 2.65. The Bertz CT molecular complexity index is 457. The van der Waals surface area contributed by atoms with Gasteiger partial charge >= 0.3 is 0 Å². The van der Waals surface area contributed by atoms with Crippen molar-refractivity contribution in [2.75, 3.05) is 0 Å². The highest BCUT2D eigenvalue weighted by atomic mass is 15.1. The second-order valence-corrected chi connectivity index (χ2v) is 3.86. The third kappa shape index (κ3) is 1.92. The molecule has 3 heteroatoms. The fourth-order valence-electron chi connectivity index (χ4n) is 1.69. The summed E-state index contributed by atoms with van der Waals surface area (Å²) in [5.74, 6) is 0. The van der Waals surface area contributed by atoms with E-state index in [-0.39, 0.29) is 6.04 Å². The predicted molar refractivity (Wildman–Crippen MR) is 61.4 cm³/mol. The van der Waals surface area contributed by atoms with E-state index in [0.29, 0.717) is 0 Å². The maximum atomic E-state index is 5.86. The summed E-state index contributed by atoms with van der Waals surface area (Å²) in [7, 11) is 0. The molecule has 0 aliphatic carbocycles. The minimum absolute atomic E-state index is 0.0250. The highest BCUT2D eigenvalue weighted by Gasteiger charge is 2.10. The summed E-state index contributed by atoms with van der Waals surface area (Å²) in [5, 5.41) is 6.99. The van der Waals surface area contributed by atoms with Crippen LogP contribution in [0.15, 0.2) is 30.5 Å². The minimum atomic E-state index is -0.0250. The smallest absolute Gasteiger partial charge is 0.0594 e. The summed E-state index contributed by atoms with van der Waals surface area (Å²) < 4.78 is 0. The lowest BCUT2D eigenvalue weighted by Crippen LogP contribution is -2.06. The molecule has 0 radical (unpaired) electrons. The van der Waals surface area contributed by atoms with Gasteiger partial charge in [-0.2, -0.15) is 5.10 Å². The molecule has 0 saturated carbocycles. The molecule has 0 saturated heterocycles. The Morgan fingerprint density at radius 1 is 1.40 bits per heavy atom. The minimum Gasteiger partial charge on any atom is -0.323 e. The van der Waals surface area contributed by atoms with E-state index in [1.54, 1.807) is 0 Å². The van der Waals surface area contributed by atoms with Gasteiger partial charge in [-0.05, 0) is 19.4 Å². The molecule has 0 bridgehead atoms. The second-order valence-electron chi connectivity index (χ2n) is 3.86. The molecule has 0 aliphatic rings. The Morgan fingerprint density at radius 2 is 2.20 bits per heavy atom. The van der Waals surface area contributed by atoms with Crippen LogP contribution in [0.1, 0.15) is 24.2 Å². The summed E-state index contributed by atoms with van der Waals surface area (Å²) in [6.45, 7) is 4.03. The number of H-pyrrole nitrogens is 1. The SMILES string of the molecule is Cc1cccc(-c2cn[nH]c2C(C)N)c1. The van der Waals surface area contributed by atoms with Gasteiger partial charge in [-0.15, -0.1) is 0 Å². The Balaban J connectivity index is 2.49. The molecule has 1 unspecified atom stereocenters. The Kier molecular flexibility index (Phi) is 2.56. The maximum Gasteiger partial charge on any atom is 0.0594 e. The van der Waals surface area contributed by atoms with Crippen LogP contribution in [0.3, 0.4) is 0 Å². The molecule has 1 aromatic carbocycles. The normalized spacial score (nSPS) is 12.7. The number of aromatic amines is 1.